The Morgan fingerprint density at radius 2 is 2.16 bits per heavy atom. The van der Waals surface area contributed by atoms with Crippen LogP contribution >= 0.6 is 27.3 Å². The third-order valence-corrected chi connectivity index (χ3v) is 5.44. The lowest BCUT2D eigenvalue weighted by Crippen LogP contribution is -2.49. The molecule has 6 heteroatoms. The summed E-state index contributed by atoms with van der Waals surface area (Å²) in [4.78, 5) is 16.9. The van der Waals surface area contributed by atoms with Crippen LogP contribution in [0.5, 0.6) is 0 Å². The van der Waals surface area contributed by atoms with Crippen molar-refractivity contribution in [2.45, 2.75) is 12.5 Å². The van der Waals surface area contributed by atoms with Gasteiger partial charge in [0.05, 0.1) is 9.35 Å². The number of carbonyl (C=O) groups excluding carboxylic acids is 1. The van der Waals surface area contributed by atoms with Gasteiger partial charge in [-0.2, -0.15) is 0 Å². The van der Waals surface area contributed by atoms with Crippen LogP contribution in [0.4, 0.5) is 0 Å². The number of piperazine rings is 1. The fourth-order valence-electron chi connectivity index (χ4n) is 2.88. The highest BCUT2D eigenvalue weighted by Gasteiger charge is 2.31. The molecule has 19 heavy (non-hydrogen) atoms. The fraction of sp³-hybridized carbons (Fsp3) is 0.615. The number of carbonyl (C=O) groups is 1. The topological polar surface area (TPSA) is 35.6 Å². The van der Waals surface area contributed by atoms with E-state index in [1.54, 1.807) is 11.3 Å². The number of halogens is 1. The third kappa shape index (κ3) is 3.02. The minimum atomic E-state index is 0.180. The van der Waals surface area contributed by atoms with Crippen LogP contribution in [-0.2, 0) is 0 Å². The molecule has 2 saturated heterocycles. The molecule has 3 heterocycles. The van der Waals surface area contributed by atoms with Crippen molar-refractivity contribution in [3.05, 3.63) is 20.8 Å². The highest BCUT2D eigenvalue weighted by atomic mass is 79.9. The molecule has 1 aromatic heterocycles. The van der Waals surface area contributed by atoms with Gasteiger partial charge in [-0.1, -0.05) is 0 Å². The van der Waals surface area contributed by atoms with Crippen molar-refractivity contribution in [1.82, 2.24) is 15.1 Å². The second kappa shape index (κ2) is 5.91. The number of likely N-dealkylation sites (tertiary alicyclic amines) is 1. The number of thiophene rings is 1. The Morgan fingerprint density at radius 3 is 2.84 bits per heavy atom. The molecular weight excluding hydrogens is 326 g/mol. The second-order valence-corrected chi connectivity index (χ2v) is 7.41. The predicted octanol–water partition coefficient (Wildman–Crippen LogP) is 1.63. The molecule has 0 saturated carbocycles. The van der Waals surface area contributed by atoms with Gasteiger partial charge in [0.2, 0.25) is 0 Å². The van der Waals surface area contributed by atoms with Crippen LogP contribution in [-0.4, -0.2) is 61.0 Å². The van der Waals surface area contributed by atoms with Crippen LogP contribution < -0.4 is 5.32 Å². The Hall–Kier alpha value is -0.430. The van der Waals surface area contributed by atoms with Crippen LogP contribution in [0.1, 0.15) is 16.8 Å². The van der Waals surface area contributed by atoms with Crippen LogP contribution in [0, 0.1) is 0 Å². The Balaban J connectivity index is 1.60. The van der Waals surface area contributed by atoms with Gasteiger partial charge < -0.3 is 10.2 Å². The van der Waals surface area contributed by atoms with E-state index in [0.29, 0.717) is 6.04 Å². The van der Waals surface area contributed by atoms with E-state index in [2.05, 4.69) is 26.1 Å². The highest BCUT2D eigenvalue weighted by molar-refractivity contribution is 9.11. The van der Waals surface area contributed by atoms with Gasteiger partial charge in [0.1, 0.15) is 0 Å². The summed E-state index contributed by atoms with van der Waals surface area (Å²) in [6, 6.07) is 2.47. The van der Waals surface area contributed by atoms with Crippen LogP contribution in [0.2, 0.25) is 0 Å². The van der Waals surface area contributed by atoms with Gasteiger partial charge in [-0.05, 0) is 28.4 Å². The summed E-state index contributed by atoms with van der Waals surface area (Å²) in [5, 5.41) is 5.31. The minimum Gasteiger partial charge on any atom is -0.337 e. The molecule has 2 fully saturated rings. The molecular formula is C13H18BrN3OS. The van der Waals surface area contributed by atoms with Gasteiger partial charge in [-0.3, -0.25) is 9.69 Å². The van der Waals surface area contributed by atoms with Gasteiger partial charge in [0, 0.05) is 50.7 Å². The summed E-state index contributed by atoms with van der Waals surface area (Å²) in [6.07, 6.45) is 1.11. The van der Waals surface area contributed by atoms with Crippen molar-refractivity contribution >= 4 is 33.2 Å². The van der Waals surface area contributed by atoms with Gasteiger partial charge >= 0.3 is 0 Å². The minimum absolute atomic E-state index is 0.180. The number of nitrogens with one attached hydrogen (secondary N) is 1. The molecule has 4 nitrogen and oxygen atoms in total. The van der Waals surface area contributed by atoms with Crippen LogP contribution in [0.3, 0.4) is 0 Å². The average molecular weight is 344 g/mol. The number of amides is 1. The Morgan fingerprint density at radius 1 is 1.37 bits per heavy atom. The molecule has 1 N–H and O–H groups in total. The number of rotatable bonds is 2. The van der Waals surface area contributed by atoms with Crippen LogP contribution in [0.25, 0.3) is 0 Å². The van der Waals surface area contributed by atoms with Crippen LogP contribution in [0.15, 0.2) is 15.2 Å². The predicted molar refractivity (Wildman–Crippen MR) is 80.8 cm³/mol. The monoisotopic (exact) mass is 343 g/mol. The molecule has 0 bridgehead atoms. The normalized spacial score (nSPS) is 24.9. The molecule has 2 aliphatic heterocycles. The number of nitrogens with zero attached hydrogens (tertiary/aromatic N) is 2. The molecule has 2 aliphatic rings. The first kappa shape index (κ1) is 13.5. The Bertz CT molecular complexity index is 458. The molecule has 1 unspecified atom stereocenters. The molecule has 1 amide bonds. The first-order valence-corrected chi connectivity index (χ1v) is 8.39. The second-order valence-electron chi connectivity index (χ2n) is 5.12. The fourth-order valence-corrected chi connectivity index (χ4v) is 4.01. The first-order chi connectivity index (χ1) is 9.24. The lowest BCUT2D eigenvalue weighted by Gasteiger charge is -2.32. The molecule has 1 aromatic rings. The maximum atomic E-state index is 12.4. The van der Waals surface area contributed by atoms with E-state index in [0.717, 1.165) is 55.0 Å². The SMILES string of the molecule is O=C(c1csc(Br)c1)N1CCC(N2CCNCC2)C1. The smallest absolute Gasteiger partial charge is 0.254 e. The zero-order chi connectivity index (χ0) is 13.2. The van der Waals surface area contributed by atoms with Crippen molar-refractivity contribution in [1.29, 1.82) is 0 Å². The molecule has 0 aromatic carbocycles. The zero-order valence-electron chi connectivity index (χ0n) is 10.8. The van der Waals surface area contributed by atoms with Gasteiger partial charge in [0.25, 0.3) is 5.91 Å². The van der Waals surface area contributed by atoms with E-state index in [1.807, 2.05) is 16.3 Å². The van der Waals surface area contributed by atoms with Crippen molar-refractivity contribution < 1.29 is 4.79 Å². The lowest BCUT2D eigenvalue weighted by molar-refractivity contribution is 0.0774. The maximum Gasteiger partial charge on any atom is 0.254 e. The standard InChI is InChI=1S/C13H18BrN3OS/c14-12-7-10(9-19-12)13(18)17-4-1-11(8-17)16-5-2-15-3-6-16/h7,9,11,15H,1-6,8H2. The summed E-state index contributed by atoms with van der Waals surface area (Å²) in [5.41, 5.74) is 0.817. The van der Waals surface area contributed by atoms with E-state index in [4.69, 9.17) is 0 Å². The zero-order valence-corrected chi connectivity index (χ0v) is 13.2. The van der Waals surface area contributed by atoms with Crippen molar-refractivity contribution in [3.8, 4) is 0 Å². The summed E-state index contributed by atoms with van der Waals surface area (Å²) in [5.74, 6) is 0.180. The van der Waals surface area contributed by atoms with Crippen molar-refractivity contribution in [3.63, 3.8) is 0 Å². The van der Waals surface area contributed by atoms with E-state index >= 15 is 0 Å². The average Bonchev–Trinajstić information content (AvgIpc) is 3.08. The van der Waals surface area contributed by atoms with E-state index in [-0.39, 0.29) is 5.91 Å². The largest absolute Gasteiger partial charge is 0.337 e. The summed E-state index contributed by atoms with van der Waals surface area (Å²) in [7, 11) is 0. The maximum absolute atomic E-state index is 12.4. The molecule has 3 rings (SSSR count). The van der Waals surface area contributed by atoms with Gasteiger partial charge in [0.15, 0.2) is 0 Å². The number of hydrogen-bond donors (Lipinski definition) is 1. The van der Waals surface area contributed by atoms with Gasteiger partial charge in [-0.25, -0.2) is 0 Å². The molecule has 0 aliphatic carbocycles. The Kier molecular flexibility index (Phi) is 4.21. The Labute approximate surface area is 125 Å². The molecule has 0 spiro atoms. The molecule has 1 atom stereocenters. The molecule has 0 radical (unpaired) electrons. The highest BCUT2D eigenvalue weighted by Crippen LogP contribution is 2.24. The van der Waals surface area contributed by atoms with E-state index < -0.39 is 0 Å². The third-order valence-electron chi connectivity index (χ3n) is 3.93. The summed E-state index contributed by atoms with van der Waals surface area (Å²) in [6.45, 7) is 6.13. The quantitative estimate of drug-likeness (QED) is 0.886. The summed E-state index contributed by atoms with van der Waals surface area (Å²) >= 11 is 4.99. The lowest BCUT2D eigenvalue weighted by atomic mass is 10.2. The summed E-state index contributed by atoms with van der Waals surface area (Å²) < 4.78 is 1.02. The van der Waals surface area contributed by atoms with Crippen molar-refractivity contribution in [2.24, 2.45) is 0 Å². The van der Waals surface area contributed by atoms with Gasteiger partial charge in [-0.15, -0.1) is 11.3 Å². The van der Waals surface area contributed by atoms with E-state index in [1.165, 1.54) is 0 Å². The number of hydrogen-bond acceptors (Lipinski definition) is 4. The first-order valence-electron chi connectivity index (χ1n) is 6.72. The van der Waals surface area contributed by atoms with E-state index in [9.17, 15) is 4.79 Å². The van der Waals surface area contributed by atoms with Crippen molar-refractivity contribution in [2.75, 3.05) is 39.3 Å². The molecule has 104 valence electrons.